The second-order valence-corrected chi connectivity index (χ2v) is 2.85. The molecule has 14 heavy (non-hydrogen) atoms. The molecule has 0 spiro atoms. The molecule has 0 aromatic carbocycles. The molecule has 4 N–H and O–H groups in total. The number of nitrogens with one attached hydrogen (secondary N) is 2. The van der Waals surface area contributed by atoms with E-state index in [-0.39, 0.29) is 0 Å². The van der Waals surface area contributed by atoms with Gasteiger partial charge in [-0.1, -0.05) is 6.92 Å². The molecule has 0 atom stereocenters. The Kier molecular flexibility index (Phi) is 9.68. The summed E-state index contributed by atoms with van der Waals surface area (Å²) in [6.45, 7) is 7.22. The highest BCUT2D eigenvalue weighted by atomic mass is 16.5. The Balaban J connectivity index is 3.42. The SMILES string of the molecule is CCCN=C(NN)NCCCOCC. The van der Waals surface area contributed by atoms with E-state index in [1.807, 2.05) is 6.92 Å². The fourth-order valence-electron chi connectivity index (χ4n) is 0.902. The van der Waals surface area contributed by atoms with Crippen molar-refractivity contribution in [3.63, 3.8) is 0 Å². The van der Waals surface area contributed by atoms with E-state index in [0.717, 1.165) is 39.1 Å². The summed E-state index contributed by atoms with van der Waals surface area (Å²) in [7, 11) is 0. The number of hydrazine groups is 1. The van der Waals surface area contributed by atoms with Gasteiger partial charge >= 0.3 is 0 Å². The number of rotatable bonds is 7. The molecule has 0 unspecified atom stereocenters. The fourth-order valence-corrected chi connectivity index (χ4v) is 0.902. The number of guanidine groups is 1. The van der Waals surface area contributed by atoms with Crippen molar-refractivity contribution in [1.82, 2.24) is 10.7 Å². The molecule has 5 nitrogen and oxygen atoms in total. The molecule has 5 heteroatoms. The van der Waals surface area contributed by atoms with Crippen molar-refractivity contribution in [3.8, 4) is 0 Å². The average Bonchev–Trinajstić information content (AvgIpc) is 2.22. The van der Waals surface area contributed by atoms with Crippen molar-refractivity contribution in [2.75, 3.05) is 26.3 Å². The molecule has 84 valence electrons. The Morgan fingerprint density at radius 3 is 2.79 bits per heavy atom. The second-order valence-electron chi connectivity index (χ2n) is 2.85. The van der Waals surface area contributed by atoms with Gasteiger partial charge in [-0.15, -0.1) is 0 Å². The molecule has 0 saturated carbocycles. The first-order valence-electron chi connectivity index (χ1n) is 5.17. The van der Waals surface area contributed by atoms with Gasteiger partial charge in [0.05, 0.1) is 0 Å². The molecule has 0 aromatic heterocycles. The Morgan fingerprint density at radius 2 is 2.21 bits per heavy atom. The lowest BCUT2D eigenvalue weighted by Gasteiger charge is -2.08. The van der Waals surface area contributed by atoms with Crippen LogP contribution in [0.15, 0.2) is 4.99 Å². The van der Waals surface area contributed by atoms with Gasteiger partial charge in [-0.3, -0.25) is 10.4 Å². The maximum atomic E-state index is 5.28. The Hall–Kier alpha value is -0.810. The van der Waals surface area contributed by atoms with Crippen molar-refractivity contribution in [2.24, 2.45) is 10.8 Å². The molecule has 0 saturated heterocycles. The third-order valence-corrected chi connectivity index (χ3v) is 1.59. The van der Waals surface area contributed by atoms with Crippen LogP contribution in [0.25, 0.3) is 0 Å². The van der Waals surface area contributed by atoms with Crippen LogP contribution >= 0.6 is 0 Å². The molecule has 0 bridgehead atoms. The summed E-state index contributed by atoms with van der Waals surface area (Å²) in [5, 5.41) is 3.10. The third kappa shape index (κ3) is 7.82. The fraction of sp³-hybridized carbons (Fsp3) is 0.889. The van der Waals surface area contributed by atoms with E-state index in [1.165, 1.54) is 0 Å². The predicted molar refractivity (Wildman–Crippen MR) is 59.0 cm³/mol. The van der Waals surface area contributed by atoms with E-state index in [1.54, 1.807) is 0 Å². The zero-order valence-electron chi connectivity index (χ0n) is 9.18. The Morgan fingerprint density at radius 1 is 1.43 bits per heavy atom. The minimum atomic E-state index is 0.656. The first-order chi connectivity index (χ1) is 6.85. The lowest BCUT2D eigenvalue weighted by molar-refractivity contribution is 0.145. The van der Waals surface area contributed by atoms with Crippen molar-refractivity contribution < 1.29 is 4.74 Å². The summed E-state index contributed by atoms with van der Waals surface area (Å²) in [5.74, 6) is 5.94. The summed E-state index contributed by atoms with van der Waals surface area (Å²) in [6, 6.07) is 0. The number of hydrogen-bond acceptors (Lipinski definition) is 3. The molecule has 0 aliphatic heterocycles. The Bertz CT molecular complexity index is 150. The predicted octanol–water partition coefficient (Wildman–Crippen LogP) is 0.232. The van der Waals surface area contributed by atoms with Gasteiger partial charge < -0.3 is 10.1 Å². The minimum Gasteiger partial charge on any atom is -0.382 e. The van der Waals surface area contributed by atoms with Crippen LogP contribution in [0, 0.1) is 0 Å². The van der Waals surface area contributed by atoms with Gasteiger partial charge in [-0.05, 0) is 19.8 Å². The standard InChI is InChI=1S/C9H22N4O/c1-3-6-11-9(13-10)12-7-5-8-14-4-2/h3-8,10H2,1-2H3,(H2,11,12,13). The number of nitrogens with zero attached hydrogens (tertiary/aromatic N) is 1. The number of hydrogen-bond donors (Lipinski definition) is 3. The van der Waals surface area contributed by atoms with Crippen LogP contribution in [0.1, 0.15) is 26.7 Å². The molecule has 0 heterocycles. The van der Waals surface area contributed by atoms with Crippen LogP contribution in [-0.4, -0.2) is 32.3 Å². The molecule has 0 amide bonds. The van der Waals surface area contributed by atoms with Crippen LogP contribution in [0.5, 0.6) is 0 Å². The first-order valence-corrected chi connectivity index (χ1v) is 5.17. The lowest BCUT2D eigenvalue weighted by Crippen LogP contribution is -2.42. The van der Waals surface area contributed by atoms with Gasteiger partial charge in [0.15, 0.2) is 0 Å². The summed E-state index contributed by atoms with van der Waals surface area (Å²) >= 11 is 0. The van der Waals surface area contributed by atoms with Crippen molar-refractivity contribution >= 4 is 5.96 Å². The highest BCUT2D eigenvalue weighted by Gasteiger charge is 1.93. The lowest BCUT2D eigenvalue weighted by atomic mass is 10.4. The average molecular weight is 202 g/mol. The molecular weight excluding hydrogens is 180 g/mol. The zero-order valence-corrected chi connectivity index (χ0v) is 9.18. The van der Waals surface area contributed by atoms with Crippen LogP contribution in [0.3, 0.4) is 0 Å². The quantitative estimate of drug-likeness (QED) is 0.182. The van der Waals surface area contributed by atoms with Crippen LogP contribution in [0.2, 0.25) is 0 Å². The van der Waals surface area contributed by atoms with Gasteiger partial charge in [0.25, 0.3) is 0 Å². The smallest absolute Gasteiger partial charge is 0.205 e. The van der Waals surface area contributed by atoms with Crippen LogP contribution < -0.4 is 16.6 Å². The van der Waals surface area contributed by atoms with Gasteiger partial charge in [0.2, 0.25) is 5.96 Å². The minimum absolute atomic E-state index is 0.656. The molecular formula is C9H22N4O. The van der Waals surface area contributed by atoms with Crippen LogP contribution in [0.4, 0.5) is 0 Å². The topological polar surface area (TPSA) is 71.7 Å². The van der Waals surface area contributed by atoms with Gasteiger partial charge in [-0.25, -0.2) is 5.84 Å². The van der Waals surface area contributed by atoms with E-state index in [4.69, 9.17) is 10.6 Å². The van der Waals surface area contributed by atoms with Crippen molar-refractivity contribution in [3.05, 3.63) is 0 Å². The van der Waals surface area contributed by atoms with Gasteiger partial charge in [0, 0.05) is 26.3 Å². The maximum absolute atomic E-state index is 5.28. The summed E-state index contributed by atoms with van der Waals surface area (Å²) in [4.78, 5) is 4.21. The zero-order chi connectivity index (χ0) is 10.6. The van der Waals surface area contributed by atoms with Crippen molar-refractivity contribution in [2.45, 2.75) is 26.7 Å². The number of ether oxygens (including phenoxy) is 1. The molecule has 0 aromatic rings. The molecule has 0 aliphatic rings. The Labute approximate surface area is 86.1 Å². The molecule has 0 radical (unpaired) electrons. The number of nitrogens with two attached hydrogens (primary N) is 1. The highest BCUT2D eigenvalue weighted by Crippen LogP contribution is 1.81. The third-order valence-electron chi connectivity index (χ3n) is 1.59. The van der Waals surface area contributed by atoms with E-state index < -0.39 is 0 Å². The van der Waals surface area contributed by atoms with E-state index >= 15 is 0 Å². The van der Waals surface area contributed by atoms with E-state index in [2.05, 4.69) is 22.7 Å². The summed E-state index contributed by atoms with van der Waals surface area (Å²) < 4.78 is 5.20. The molecule has 0 aliphatic carbocycles. The summed E-state index contributed by atoms with van der Waals surface area (Å²) in [6.07, 6.45) is 1.98. The molecule has 0 rings (SSSR count). The van der Waals surface area contributed by atoms with Crippen LogP contribution in [-0.2, 0) is 4.74 Å². The van der Waals surface area contributed by atoms with E-state index in [0.29, 0.717) is 5.96 Å². The monoisotopic (exact) mass is 202 g/mol. The summed E-state index contributed by atoms with van der Waals surface area (Å²) in [5.41, 5.74) is 2.53. The maximum Gasteiger partial charge on any atom is 0.205 e. The normalized spacial score (nSPS) is 11.5. The number of aliphatic imine (C=N–C) groups is 1. The molecule has 0 fully saturated rings. The van der Waals surface area contributed by atoms with Gasteiger partial charge in [-0.2, -0.15) is 0 Å². The largest absolute Gasteiger partial charge is 0.382 e. The van der Waals surface area contributed by atoms with E-state index in [9.17, 15) is 0 Å². The van der Waals surface area contributed by atoms with Crippen molar-refractivity contribution in [1.29, 1.82) is 0 Å². The second kappa shape index (κ2) is 10.3. The van der Waals surface area contributed by atoms with Gasteiger partial charge in [0.1, 0.15) is 0 Å². The first kappa shape index (κ1) is 13.2. The highest BCUT2D eigenvalue weighted by molar-refractivity contribution is 5.79.